The van der Waals surface area contributed by atoms with Crippen LogP contribution in [0, 0.1) is 0 Å². The van der Waals surface area contributed by atoms with Gasteiger partial charge in [0.05, 0.1) is 16.7 Å². The molecule has 0 fully saturated rings. The van der Waals surface area contributed by atoms with E-state index in [0.29, 0.717) is 0 Å². The van der Waals surface area contributed by atoms with Crippen LogP contribution in [0.3, 0.4) is 0 Å². The number of hydrogen-bond acceptors (Lipinski definition) is 4. The van der Waals surface area contributed by atoms with Gasteiger partial charge < -0.3 is 5.32 Å². The normalized spacial score (nSPS) is 11.6. The molecule has 6 aromatic rings. The standard InChI is InChI=1S/C36H36N4/c1(9-22-37-25-34-32-18-4-6-20-35(32)39-36-21-7-5-19-33(34)36)11-24-40(27-30-16-8-10-23-38-30)26-29-15-12-14-28-13-2-3-17-31(28)29/h2-8,10,12-21,23,37H,1,9,11,22,24-27H2. The average Bonchev–Trinajstić information content (AvgIpc) is 3.00. The van der Waals surface area contributed by atoms with Crippen LogP contribution >= 0.6 is 0 Å². The second-order valence-electron chi connectivity index (χ2n) is 10.5. The van der Waals surface area contributed by atoms with Crippen molar-refractivity contribution < 1.29 is 0 Å². The van der Waals surface area contributed by atoms with Crippen LogP contribution in [0.5, 0.6) is 0 Å². The summed E-state index contributed by atoms with van der Waals surface area (Å²) >= 11 is 0. The predicted octanol–water partition coefficient (Wildman–Crippen LogP) is 7.90. The molecule has 200 valence electrons. The van der Waals surface area contributed by atoms with Crippen molar-refractivity contribution in [3.8, 4) is 0 Å². The van der Waals surface area contributed by atoms with Crippen LogP contribution in [0.15, 0.2) is 115 Å². The fraction of sp³-hybridized carbons (Fsp3) is 0.222. The summed E-state index contributed by atoms with van der Waals surface area (Å²) in [5, 5.41) is 8.86. The zero-order valence-electron chi connectivity index (χ0n) is 23.0. The SMILES string of the molecule is c1ccc(CN(CCCCCNCc2c3ccccc3nc3ccccc23)Cc2cccc3ccccc23)nc1. The summed E-state index contributed by atoms with van der Waals surface area (Å²) in [5.74, 6) is 0. The predicted molar refractivity (Wildman–Crippen MR) is 167 cm³/mol. The van der Waals surface area contributed by atoms with E-state index in [-0.39, 0.29) is 0 Å². The molecule has 0 aliphatic rings. The topological polar surface area (TPSA) is 41.0 Å². The van der Waals surface area contributed by atoms with Gasteiger partial charge in [-0.05, 0) is 72.1 Å². The Morgan fingerprint density at radius 2 is 1.30 bits per heavy atom. The molecule has 0 radical (unpaired) electrons. The van der Waals surface area contributed by atoms with E-state index in [2.05, 4.69) is 118 Å². The Bertz CT molecular complexity index is 1640. The molecule has 2 heterocycles. The number of benzene rings is 4. The van der Waals surface area contributed by atoms with E-state index in [1.165, 1.54) is 45.5 Å². The van der Waals surface area contributed by atoms with Crippen molar-refractivity contribution in [3.05, 3.63) is 132 Å². The van der Waals surface area contributed by atoms with Crippen LogP contribution in [-0.4, -0.2) is 28.0 Å². The van der Waals surface area contributed by atoms with Gasteiger partial charge in [-0.2, -0.15) is 0 Å². The number of pyridine rings is 2. The Labute approximate surface area is 236 Å². The number of rotatable bonds is 12. The fourth-order valence-electron chi connectivity index (χ4n) is 5.70. The maximum absolute atomic E-state index is 4.86. The molecule has 0 bridgehead atoms. The highest BCUT2D eigenvalue weighted by Crippen LogP contribution is 2.26. The first-order valence-electron chi connectivity index (χ1n) is 14.4. The molecule has 0 aliphatic carbocycles. The summed E-state index contributed by atoms with van der Waals surface area (Å²) in [6.07, 6.45) is 5.42. The summed E-state index contributed by atoms with van der Waals surface area (Å²) < 4.78 is 0. The van der Waals surface area contributed by atoms with E-state index >= 15 is 0 Å². The van der Waals surface area contributed by atoms with E-state index in [1.807, 2.05) is 12.3 Å². The van der Waals surface area contributed by atoms with E-state index in [4.69, 9.17) is 4.98 Å². The average molecular weight is 525 g/mol. The number of aromatic nitrogens is 2. The molecule has 4 aromatic carbocycles. The van der Waals surface area contributed by atoms with Gasteiger partial charge in [0, 0.05) is 36.6 Å². The molecule has 0 atom stereocenters. The first-order valence-corrected chi connectivity index (χ1v) is 14.4. The number of fused-ring (bicyclic) bond motifs is 3. The fourth-order valence-corrected chi connectivity index (χ4v) is 5.70. The lowest BCUT2D eigenvalue weighted by Crippen LogP contribution is -2.25. The van der Waals surface area contributed by atoms with Crippen molar-refractivity contribution in [2.45, 2.75) is 38.9 Å². The van der Waals surface area contributed by atoms with Crippen molar-refractivity contribution in [2.75, 3.05) is 13.1 Å². The first kappa shape index (κ1) is 26.1. The van der Waals surface area contributed by atoms with Gasteiger partial charge in [-0.1, -0.05) is 91.3 Å². The van der Waals surface area contributed by atoms with Crippen LogP contribution < -0.4 is 5.32 Å². The molecule has 4 nitrogen and oxygen atoms in total. The minimum Gasteiger partial charge on any atom is -0.313 e. The summed E-state index contributed by atoms with van der Waals surface area (Å²) in [6, 6.07) is 38.5. The Morgan fingerprint density at radius 1 is 0.600 bits per heavy atom. The molecule has 40 heavy (non-hydrogen) atoms. The second kappa shape index (κ2) is 12.8. The van der Waals surface area contributed by atoms with Gasteiger partial charge in [0.2, 0.25) is 0 Å². The Hall–Kier alpha value is -4.12. The van der Waals surface area contributed by atoms with E-state index in [0.717, 1.165) is 55.9 Å². The molecule has 0 amide bonds. The number of para-hydroxylation sites is 2. The molecule has 0 unspecified atom stereocenters. The van der Waals surface area contributed by atoms with E-state index < -0.39 is 0 Å². The Morgan fingerprint density at radius 3 is 2.08 bits per heavy atom. The molecular formula is C36H36N4. The molecule has 4 heteroatoms. The van der Waals surface area contributed by atoms with Crippen molar-refractivity contribution in [1.29, 1.82) is 0 Å². The van der Waals surface area contributed by atoms with Gasteiger partial charge >= 0.3 is 0 Å². The Kier molecular flexibility index (Phi) is 8.37. The third-order valence-corrected chi connectivity index (χ3v) is 7.71. The van der Waals surface area contributed by atoms with Gasteiger partial charge in [-0.15, -0.1) is 0 Å². The zero-order chi connectivity index (χ0) is 27.0. The lowest BCUT2D eigenvalue weighted by molar-refractivity contribution is 0.248. The van der Waals surface area contributed by atoms with Crippen molar-refractivity contribution >= 4 is 32.6 Å². The van der Waals surface area contributed by atoms with Gasteiger partial charge in [0.25, 0.3) is 0 Å². The monoisotopic (exact) mass is 524 g/mol. The molecule has 0 aliphatic heterocycles. The zero-order valence-corrected chi connectivity index (χ0v) is 23.0. The van der Waals surface area contributed by atoms with Crippen molar-refractivity contribution in [3.63, 3.8) is 0 Å². The highest BCUT2D eigenvalue weighted by Gasteiger charge is 2.11. The Balaban J connectivity index is 1.05. The summed E-state index contributed by atoms with van der Waals surface area (Å²) in [4.78, 5) is 12.0. The second-order valence-corrected chi connectivity index (χ2v) is 10.5. The summed E-state index contributed by atoms with van der Waals surface area (Å²) in [7, 11) is 0. The molecule has 1 N–H and O–H groups in total. The van der Waals surface area contributed by atoms with Crippen LogP contribution in [0.1, 0.15) is 36.1 Å². The number of hydrogen-bond donors (Lipinski definition) is 1. The maximum Gasteiger partial charge on any atom is 0.0713 e. The van der Waals surface area contributed by atoms with Gasteiger partial charge in [0.15, 0.2) is 0 Å². The molecule has 0 saturated heterocycles. The van der Waals surface area contributed by atoms with Crippen LogP contribution in [-0.2, 0) is 19.6 Å². The first-order chi connectivity index (χ1) is 19.8. The molecule has 0 saturated carbocycles. The lowest BCUT2D eigenvalue weighted by atomic mass is 10.0. The minimum absolute atomic E-state index is 0.858. The maximum atomic E-state index is 4.86. The highest BCUT2D eigenvalue weighted by atomic mass is 15.1. The van der Waals surface area contributed by atoms with Gasteiger partial charge in [-0.25, -0.2) is 4.98 Å². The van der Waals surface area contributed by atoms with E-state index in [9.17, 15) is 0 Å². The highest BCUT2D eigenvalue weighted by molar-refractivity contribution is 5.97. The minimum atomic E-state index is 0.858. The molecule has 6 rings (SSSR count). The summed E-state index contributed by atoms with van der Waals surface area (Å²) in [5.41, 5.74) is 5.99. The third-order valence-electron chi connectivity index (χ3n) is 7.71. The van der Waals surface area contributed by atoms with Crippen LogP contribution in [0.2, 0.25) is 0 Å². The largest absolute Gasteiger partial charge is 0.313 e. The summed E-state index contributed by atoms with van der Waals surface area (Å²) in [6.45, 7) is 4.72. The number of nitrogens with one attached hydrogen (secondary N) is 1. The van der Waals surface area contributed by atoms with Crippen LogP contribution in [0.25, 0.3) is 32.6 Å². The van der Waals surface area contributed by atoms with E-state index in [1.54, 1.807) is 0 Å². The van der Waals surface area contributed by atoms with Crippen LogP contribution in [0.4, 0.5) is 0 Å². The quantitative estimate of drug-likeness (QED) is 0.130. The number of nitrogens with zero attached hydrogens (tertiary/aromatic N) is 3. The number of unbranched alkanes of at least 4 members (excludes halogenated alkanes) is 2. The lowest BCUT2D eigenvalue weighted by Gasteiger charge is -2.23. The van der Waals surface area contributed by atoms with Gasteiger partial charge in [-0.3, -0.25) is 9.88 Å². The van der Waals surface area contributed by atoms with Crippen molar-refractivity contribution in [2.24, 2.45) is 0 Å². The third kappa shape index (κ3) is 6.20. The smallest absolute Gasteiger partial charge is 0.0713 e. The molecule has 2 aromatic heterocycles. The van der Waals surface area contributed by atoms with Gasteiger partial charge in [0.1, 0.15) is 0 Å². The molecular weight excluding hydrogens is 488 g/mol. The van der Waals surface area contributed by atoms with Crippen molar-refractivity contribution in [1.82, 2.24) is 20.2 Å². The molecule has 0 spiro atoms.